The van der Waals surface area contributed by atoms with E-state index < -0.39 is 0 Å². The van der Waals surface area contributed by atoms with Crippen LogP contribution in [-0.2, 0) is 0 Å². The van der Waals surface area contributed by atoms with Gasteiger partial charge in [-0.1, -0.05) is 59.7 Å². The normalized spacial score (nSPS) is 9.38. The minimum Gasteiger partial charge on any atom is -0.658 e. The zero-order valence-electron chi connectivity index (χ0n) is 10.1. The number of aryl methyl sites for hydroxylation is 2. The van der Waals surface area contributed by atoms with Gasteiger partial charge in [0.1, 0.15) is 0 Å². The molecule has 0 unspecified atom stereocenters. The van der Waals surface area contributed by atoms with E-state index >= 15 is 0 Å². The molecule has 76 valence electrons. The maximum Gasteiger partial charge on any atom is 1.00 e. The molecule has 2 aromatic rings. The summed E-state index contributed by atoms with van der Waals surface area (Å²) in [5.41, 5.74) is 4.53. The second-order valence-corrected chi connectivity index (χ2v) is 3.78. The van der Waals surface area contributed by atoms with E-state index in [9.17, 15) is 0 Å². The fourth-order valence-electron chi connectivity index (χ4n) is 1.39. The first-order valence-corrected chi connectivity index (χ1v) is 5.09. The van der Waals surface area contributed by atoms with Crippen LogP contribution in [0.5, 0.6) is 0 Å². The van der Waals surface area contributed by atoms with Crippen LogP contribution in [0.4, 0.5) is 11.4 Å². The third-order valence-electron chi connectivity index (χ3n) is 2.33. The van der Waals surface area contributed by atoms with E-state index in [1.165, 1.54) is 11.1 Å². The molecule has 0 aliphatic carbocycles. The van der Waals surface area contributed by atoms with Gasteiger partial charge in [0.05, 0.1) is 0 Å². The Hall–Kier alpha value is -0.124. The molecule has 2 rings (SSSR count). The van der Waals surface area contributed by atoms with E-state index in [2.05, 4.69) is 43.4 Å². The molecule has 0 fully saturated rings. The van der Waals surface area contributed by atoms with Gasteiger partial charge in [-0.25, -0.2) is 0 Å². The molecule has 2 aromatic carbocycles. The van der Waals surface area contributed by atoms with E-state index in [1.54, 1.807) is 0 Å². The molecule has 0 amide bonds. The van der Waals surface area contributed by atoms with Crippen LogP contribution >= 0.6 is 0 Å². The SMILES string of the molecule is Cc1ccc([N-]c2ccc(C)cc2)cc1.[K+]. The van der Waals surface area contributed by atoms with E-state index in [-0.39, 0.29) is 51.4 Å². The second-order valence-electron chi connectivity index (χ2n) is 3.78. The van der Waals surface area contributed by atoms with Crippen LogP contribution in [-0.4, -0.2) is 0 Å². The molecule has 0 aliphatic rings. The predicted octanol–water partition coefficient (Wildman–Crippen LogP) is 1.64. The van der Waals surface area contributed by atoms with Gasteiger partial charge in [0.25, 0.3) is 0 Å². The van der Waals surface area contributed by atoms with Crippen molar-refractivity contribution in [3.05, 3.63) is 65.0 Å². The van der Waals surface area contributed by atoms with Gasteiger partial charge in [0.15, 0.2) is 0 Å². The summed E-state index contributed by atoms with van der Waals surface area (Å²) < 4.78 is 0. The summed E-state index contributed by atoms with van der Waals surface area (Å²) in [5.74, 6) is 0. The second kappa shape index (κ2) is 6.57. The number of rotatable bonds is 2. The Morgan fingerprint density at radius 1 is 0.625 bits per heavy atom. The van der Waals surface area contributed by atoms with Gasteiger partial charge in [0.2, 0.25) is 0 Å². The summed E-state index contributed by atoms with van der Waals surface area (Å²) in [6.45, 7) is 4.16. The molecule has 0 aliphatic heterocycles. The Balaban J connectivity index is 0.00000128. The Morgan fingerprint density at radius 3 is 1.25 bits per heavy atom. The van der Waals surface area contributed by atoms with Crippen LogP contribution in [0.1, 0.15) is 11.1 Å². The molecular formula is C14H14KN. The van der Waals surface area contributed by atoms with Gasteiger partial charge >= 0.3 is 51.4 Å². The Labute approximate surface area is 140 Å². The molecular weight excluding hydrogens is 221 g/mol. The van der Waals surface area contributed by atoms with Crippen molar-refractivity contribution in [3.8, 4) is 0 Å². The summed E-state index contributed by atoms with van der Waals surface area (Å²) >= 11 is 0. The van der Waals surface area contributed by atoms with E-state index in [0.29, 0.717) is 0 Å². The van der Waals surface area contributed by atoms with Crippen LogP contribution in [0.2, 0.25) is 0 Å². The van der Waals surface area contributed by atoms with Crippen molar-refractivity contribution < 1.29 is 51.4 Å². The van der Waals surface area contributed by atoms with Gasteiger partial charge in [0, 0.05) is 0 Å². The zero-order valence-corrected chi connectivity index (χ0v) is 13.2. The van der Waals surface area contributed by atoms with Crippen LogP contribution in [0.25, 0.3) is 5.32 Å². The van der Waals surface area contributed by atoms with Crippen LogP contribution in [0, 0.1) is 13.8 Å². The van der Waals surface area contributed by atoms with Crippen molar-refractivity contribution in [2.45, 2.75) is 13.8 Å². The number of hydrogen-bond acceptors (Lipinski definition) is 0. The predicted molar refractivity (Wildman–Crippen MR) is 65.0 cm³/mol. The molecule has 0 atom stereocenters. The Bertz CT molecular complexity index is 388. The summed E-state index contributed by atoms with van der Waals surface area (Å²) in [6.07, 6.45) is 0. The third-order valence-corrected chi connectivity index (χ3v) is 2.33. The van der Waals surface area contributed by atoms with Crippen molar-refractivity contribution in [2.75, 3.05) is 0 Å². The average Bonchev–Trinajstić information content (AvgIpc) is 2.25. The molecule has 0 saturated heterocycles. The molecule has 0 N–H and O–H groups in total. The zero-order chi connectivity index (χ0) is 10.7. The molecule has 0 saturated carbocycles. The first-order chi connectivity index (χ1) is 7.24. The van der Waals surface area contributed by atoms with Crippen LogP contribution in [0.15, 0.2) is 48.5 Å². The fourth-order valence-corrected chi connectivity index (χ4v) is 1.39. The van der Waals surface area contributed by atoms with Crippen molar-refractivity contribution in [2.24, 2.45) is 0 Å². The number of nitrogens with zero attached hydrogens (tertiary/aromatic N) is 1. The van der Waals surface area contributed by atoms with Gasteiger partial charge in [-0.15, -0.1) is 11.4 Å². The third kappa shape index (κ3) is 4.04. The largest absolute Gasteiger partial charge is 1.00 e. The van der Waals surface area contributed by atoms with Gasteiger partial charge in [-0.2, -0.15) is 0 Å². The van der Waals surface area contributed by atoms with Crippen LogP contribution < -0.4 is 51.4 Å². The Morgan fingerprint density at radius 2 is 0.938 bits per heavy atom. The van der Waals surface area contributed by atoms with Gasteiger partial charge in [-0.3, -0.25) is 0 Å². The quantitative estimate of drug-likeness (QED) is 0.703. The molecule has 0 heterocycles. The van der Waals surface area contributed by atoms with Crippen molar-refractivity contribution >= 4 is 11.4 Å². The number of benzene rings is 2. The average molecular weight is 235 g/mol. The topological polar surface area (TPSA) is 14.1 Å². The van der Waals surface area contributed by atoms with E-state index in [4.69, 9.17) is 0 Å². The maximum absolute atomic E-state index is 4.52. The fraction of sp³-hybridized carbons (Fsp3) is 0.143. The summed E-state index contributed by atoms with van der Waals surface area (Å²) in [7, 11) is 0. The summed E-state index contributed by atoms with van der Waals surface area (Å²) in [6, 6.07) is 16.5. The van der Waals surface area contributed by atoms with Gasteiger partial charge < -0.3 is 5.32 Å². The van der Waals surface area contributed by atoms with E-state index in [0.717, 1.165) is 11.4 Å². The van der Waals surface area contributed by atoms with Gasteiger partial charge in [-0.05, 0) is 13.8 Å². The standard InChI is InChI=1S/C14H14N.K/c1-11-3-7-13(8-4-11)15-14-9-5-12(2)6-10-14;/h3-10H,1-2H3;/q-1;+1. The monoisotopic (exact) mass is 235 g/mol. The molecule has 2 heteroatoms. The number of hydrogen-bond donors (Lipinski definition) is 0. The van der Waals surface area contributed by atoms with E-state index in [1.807, 2.05) is 24.3 Å². The van der Waals surface area contributed by atoms with Crippen molar-refractivity contribution in [1.29, 1.82) is 0 Å². The molecule has 0 radical (unpaired) electrons. The molecule has 1 nitrogen and oxygen atoms in total. The first-order valence-electron chi connectivity index (χ1n) is 5.09. The smallest absolute Gasteiger partial charge is 0.658 e. The van der Waals surface area contributed by atoms with Crippen molar-refractivity contribution in [1.82, 2.24) is 0 Å². The molecule has 0 bridgehead atoms. The van der Waals surface area contributed by atoms with Crippen molar-refractivity contribution in [3.63, 3.8) is 0 Å². The first kappa shape index (κ1) is 13.9. The Kier molecular flexibility index (Phi) is 5.73. The molecule has 16 heavy (non-hydrogen) atoms. The minimum absolute atomic E-state index is 0. The summed E-state index contributed by atoms with van der Waals surface area (Å²) in [5, 5.41) is 4.52. The summed E-state index contributed by atoms with van der Waals surface area (Å²) in [4.78, 5) is 0. The molecule has 0 aromatic heterocycles. The molecule has 0 spiro atoms. The minimum atomic E-state index is 0. The maximum atomic E-state index is 4.52. The van der Waals surface area contributed by atoms with Crippen LogP contribution in [0.3, 0.4) is 0 Å².